The van der Waals surface area contributed by atoms with E-state index in [4.69, 9.17) is 14.2 Å². The fourth-order valence-electron chi connectivity index (χ4n) is 1.72. The second-order valence-electron chi connectivity index (χ2n) is 3.44. The highest BCUT2D eigenvalue weighted by Crippen LogP contribution is 2.23. The summed E-state index contributed by atoms with van der Waals surface area (Å²) in [7, 11) is 1.64. The molecule has 14 heavy (non-hydrogen) atoms. The minimum atomic E-state index is -0.248. The van der Waals surface area contributed by atoms with Gasteiger partial charge in [-0.15, -0.1) is 0 Å². The molecular weight excluding hydrogens is 184 g/mol. The summed E-state index contributed by atoms with van der Waals surface area (Å²) in [5.41, 5.74) is 0. The lowest BCUT2D eigenvalue weighted by Crippen LogP contribution is -2.35. The van der Waals surface area contributed by atoms with Gasteiger partial charge < -0.3 is 14.2 Å². The SMILES string of the molecule is CCOC(=O)[C@H](C)[C@@H]1OCC[C@H]1OC. The molecule has 82 valence electrons. The maximum absolute atomic E-state index is 11.4. The number of esters is 1. The van der Waals surface area contributed by atoms with Crippen LogP contribution in [-0.2, 0) is 19.0 Å². The van der Waals surface area contributed by atoms with E-state index in [0.29, 0.717) is 13.2 Å². The van der Waals surface area contributed by atoms with Crippen LogP contribution in [0.3, 0.4) is 0 Å². The molecule has 1 saturated heterocycles. The smallest absolute Gasteiger partial charge is 0.311 e. The van der Waals surface area contributed by atoms with Gasteiger partial charge in [-0.2, -0.15) is 0 Å². The number of carbonyl (C=O) groups excluding carboxylic acids is 1. The van der Waals surface area contributed by atoms with Gasteiger partial charge in [-0.1, -0.05) is 0 Å². The first-order chi connectivity index (χ1) is 6.70. The zero-order valence-corrected chi connectivity index (χ0v) is 8.99. The van der Waals surface area contributed by atoms with Crippen molar-refractivity contribution in [1.29, 1.82) is 0 Å². The molecule has 1 fully saturated rings. The van der Waals surface area contributed by atoms with Crippen LogP contribution in [0.25, 0.3) is 0 Å². The van der Waals surface area contributed by atoms with Crippen molar-refractivity contribution in [1.82, 2.24) is 0 Å². The molecule has 0 N–H and O–H groups in total. The van der Waals surface area contributed by atoms with Crippen molar-refractivity contribution >= 4 is 5.97 Å². The molecule has 0 aliphatic carbocycles. The molecule has 0 radical (unpaired) electrons. The molecule has 4 heteroatoms. The summed E-state index contributed by atoms with van der Waals surface area (Å²) >= 11 is 0. The van der Waals surface area contributed by atoms with E-state index < -0.39 is 0 Å². The van der Waals surface area contributed by atoms with Crippen molar-refractivity contribution in [3.63, 3.8) is 0 Å². The summed E-state index contributed by atoms with van der Waals surface area (Å²) in [4.78, 5) is 11.4. The van der Waals surface area contributed by atoms with Gasteiger partial charge in [-0.05, 0) is 20.3 Å². The molecule has 0 saturated carbocycles. The topological polar surface area (TPSA) is 44.8 Å². The van der Waals surface area contributed by atoms with Gasteiger partial charge in [-0.3, -0.25) is 4.79 Å². The van der Waals surface area contributed by atoms with Crippen molar-refractivity contribution < 1.29 is 19.0 Å². The van der Waals surface area contributed by atoms with E-state index >= 15 is 0 Å². The third-order valence-corrected chi connectivity index (χ3v) is 2.53. The van der Waals surface area contributed by atoms with Gasteiger partial charge in [0, 0.05) is 13.7 Å². The molecule has 0 aromatic rings. The molecule has 4 nitrogen and oxygen atoms in total. The van der Waals surface area contributed by atoms with Crippen LogP contribution in [-0.4, -0.2) is 38.5 Å². The monoisotopic (exact) mass is 202 g/mol. The molecular formula is C10H18O4. The van der Waals surface area contributed by atoms with Gasteiger partial charge in [0.25, 0.3) is 0 Å². The van der Waals surface area contributed by atoms with Crippen LogP contribution in [0.5, 0.6) is 0 Å². The molecule has 0 aromatic carbocycles. The van der Waals surface area contributed by atoms with Crippen LogP contribution in [0.1, 0.15) is 20.3 Å². The second-order valence-corrected chi connectivity index (χ2v) is 3.44. The average Bonchev–Trinajstić information content (AvgIpc) is 2.64. The lowest BCUT2D eigenvalue weighted by atomic mass is 10.00. The molecule has 0 unspecified atom stereocenters. The lowest BCUT2D eigenvalue weighted by molar-refractivity contribution is -0.154. The summed E-state index contributed by atoms with van der Waals surface area (Å²) in [6.45, 7) is 4.69. The zero-order valence-electron chi connectivity index (χ0n) is 8.99. The van der Waals surface area contributed by atoms with Crippen LogP contribution in [0.15, 0.2) is 0 Å². The highest BCUT2D eigenvalue weighted by molar-refractivity contribution is 5.72. The fraction of sp³-hybridized carbons (Fsp3) is 0.900. The molecule has 1 rings (SSSR count). The first kappa shape index (κ1) is 11.5. The Kier molecular flexibility index (Phi) is 4.35. The van der Waals surface area contributed by atoms with Gasteiger partial charge in [0.1, 0.15) is 0 Å². The fourth-order valence-corrected chi connectivity index (χ4v) is 1.72. The Morgan fingerprint density at radius 3 is 2.93 bits per heavy atom. The Hall–Kier alpha value is -0.610. The Labute approximate surface area is 84.5 Å². The average molecular weight is 202 g/mol. The predicted molar refractivity (Wildman–Crippen MR) is 51.0 cm³/mol. The molecule has 0 spiro atoms. The summed E-state index contributed by atoms with van der Waals surface area (Å²) in [5.74, 6) is -0.455. The van der Waals surface area contributed by atoms with E-state index in [-0.39, 0.29) is 24.1 Å². The van der Waals surface area contributed by atoms with Crippen molar-refractivity contribution in [3.8, 4) is 0 Å². The molecule has 1 heterocycles. The summed E-state index contributed by atoms with van der Waals surface area (Å²) < 4.78 is 15.6. The molecule has 1 aliphatic heterocycles. The Morgan fingerprint density at radius 1 is 1.64 bits per heavy atom. The number of rotatable bonds is 4. The third kappa shape index (κ3) is 2.45. The quantitative estimate of drug-likeness (QED) is 0.638. The number of hydrogen-bond acceptors (Lipinski definition) is 4. The van der Waals surface area contributed by atoms with Crippen LogP contribution in [0.2, 0.25) is 0 Å². The number of carbonyl (C=O) groups is 1. The summed E-state index contributed by atoms with van der Waals surface area (Å²) in [6.07, 6.45) is 0.721. The maximum atomic E-state index is 11.4. The highest BCUT2D eigenvalue weighted by atomic mass is 16.6. The van der Waals surface area contributed by atoms with E-state index in [1.807, 2.05) is 6.92 Å². The van der Waals surface area contributed by atoms with Gasteiger partial charge in [-0.25, -0.2) is 0 Å². The molecule has 1 aliphatic rings. The van der Waals surface area contributed by atoms with Crippen molar-refractivity contribution in [2.24, 2.45) is 5.92 Å². The van der Waals surface area contributed by atoms with E-state index in [1.54, 1.807) is 14.0 Å². The second kappa shape index (κ2) is 5.32. The van der Waals surface area contributed by atoms with Gasteiger partial charge in [0.2, 0.25) is 0 Å². The predicted octanol–water partition coefficient (Wildman–Crippen LogP) is 0.990. The number of hydrogen-bond donors (Lipinski definition) is 0. The first-order valence-electron chi connectivity index (χ1n) is 5.01. The Balaban J connectivity index is 2.50. The van der Waals surface area contributed by atoms with Crippen LogP contribution >= 0.6 is 0 Å². The van der Waals surface area contributed by atoms with E-state index in [9.17, 15) is 4.79 Å². The molecule has 3 atom stereocenters. The maximum Gasteiger partial charge on any atom is 0.311 e. The third-order valence-electron chi connectivity index (χ3n) is 2.53. The largest absolute Gasteiger partial charge is 0.466 e. The summed E-state index contributed by atoms with van der Waals surface area (Å²) in [6, 6.07) is 0. The van der Waals surface area contributed by atoms with Crippen LogP contribution in [0.4, 0.5) is 0 Å². The van der Waals surface area contributed by atoms with E-state index in [1.165, 1.54) is 0 Å². The number of ether oxygens (including phenoxy) is 3. The Morgan fingerprint density at radius 2 is 2.36 bits per heavy atom. The zero-order chi connectivity index (χ0) is 10.6. The van der Waals surface area contributed by atoms with Gasteiger partial charge in [0.15, 0.2) is 0 Å². The lowest BCUT2D eigenvalue weighted by Gasteiger charge is -2.22. The van der Waals surface area contributed by atoms with Crippen molar-refractivity contribution in [2.45, 2.75) is 32.5 Å². The molecule has 0 bridgehead atoms. The van der Waals surface area contributed by atoms with Crippen molar-refractivity contribution in [3.05, 3.63) is 0 Å². The summed E-state index contributed by atoms with van der Waals surface area (Å²) in [5, 5.41) is 0. The minimum Gasteiger partial charge on any atom is -0.466 e. The van der Waals surface area contributed by atoms with Crippen LogP contribution < -0.4 is 0 Å². The highest BCUT2D eigenvalue weighted by Gasteiger charge is 2.36. The molecule has 0 aromatic heterocycles. The van der Waals surface area contributed by atoms with Gasteiger partial charge >= 0.3 is 5.97 Å². The molecule has 0 amide bonds. The Bertz CT molecular complexity index is 193. The number of methoxy groups -OCH3 is 1. The first-order valence-corrected chi connectivity index (χ1v) is 5.01. The standard InChI is InChI=1S/C10H18O4/c1-4-13-10(11)7(2)9-8(12-3)5-6-14-9/h7-9H,4-6H2,1-3H3/t7-,8-,9+/m1/s1. The van der Waals surface area contributed by atoms with E-state index in [0.717, 1.165) is 6.42 Å². The van der Waals surface area contributed by atoms with Crippen LogP contribution in [0, 0.1) is 5.92 Å². The normalized spacial score (nSPS) is 28.8. The van der Waals surface area contributed by atoms with E-state index in [2.05, 4.69) is 0 Å². The minimum absolute atomic E-state index is 0.0226. The van der Waals surface area contributed by atoms with Crippen molar-refractivity contribution in [2.75, 3.05) is 20.3 Å². The van der Waals surface area contributed by atoms with Gasteiger partial charge in [0.05, 0.1) is 24.7 Å².